The molecule has 0 radical (unpaired) electrons. The highest BCUT2D eigenvalue weighted by Gasteiger charge is 2.07. The third-order valence-electron chi connectivity index (χ3n) is 2.08. The van der Waals surface area contributed by atoms with Crippen molar-refractivity contribution in [3.8, 4) is 5.69 Å². The molecule has 0 fully saturated rings. The predicted molar refractivity (Wildman–Crippen MR) is 53.1 cm³/mol. The predicted octanol–water partition coefficient (Wildman–Crippen LogP) is 1.27. The van der Waals surface area contributed by atoms with E-state index in [2.05, 4.69) is 10.2 Å². The van der Waals surface area contributed by atoms with Gasteiger partial charge in [0.25, 0.3) is 0 Å². The minimum Gasteiger partial charge on any atom is -0.478 e. The standard InChI is InChI=1S/C10H9N3O2/c1-7-6-8(10(14)15)2-3-9(7)13-11-4-5-12-13/h2-6H,1H3,(H,14,15). The van der Waals surface area contributed by atoms with Crippen molar-refractivity contribution in [1.29, 1.82) is 0 Å². The molecule has 0 bridgehead atoms. The van der Waals surface area contributed by atoms with E-state index in [4.69, 9.17) is 5.11 Å². The Morgan fingerprint density at radius 2 is 2.00 bits per heavy atom. The van der Waals surface area contributed by atoms with Gasteiger partial charge in [-0.05, 0) is 30.7 Å². The van der Waals surface area contributed by atoms with Crippen LogP contribution in [0.3, 0.4) is 0 Å². The average Bonchev–Trinajstić information content (AvgIpc) is 2.70. The van der Waals surface area contributed by atoms with Crippen molar-refractivity contribution in [3.05, 3.63) is 41.7 Å². The molecular weight excluding hydrogens is 194 g/mol. The van der Waals surface area contributed by atoms with E-state index in [0.29, 0.717) is 0 Å². The maximum absolute atomic E-state index is 10.7. The van der Waals surface area contributed by atoms with Crippen LogP contribution in [0.2, 0.25) is 0 Å². The van der Waals surface area contributed by atoms with Crippen LogP contribution in [-0.4, -0.2) is 26.1 Å². The molecule has 0 aliphatic carbocycles. The largest absolute Gasteiger partial charge is 0.478 e. The number of aromatic carboxylic acids is 1. The minimum atomic E-state index is -0.932. The Morgan fingerprint density at radius 3 is 2.53 bits per heavy atom. The number of carboxylic acid groups (broad SMARTS) is 1. The first-order chi connectivity index (χ1) is 7.18. The fraction of sp³-hybridized carbons (Fsp3) is 0.100. The summed E-state index contributed by atoms with van der Waals surface area (Å²) >= 11 is 0. The average molecular weight is 203 g/mol. The Labute approximate surface area is 86.0 Å². The highest BCUT2D eigenvalue weighted by Crippen LogP contribution is 2.13. The molecule has 5 heteroatoms. The molecule has 1 heterocycles. The van der Waals surface area contributed by atoms with Crippen LogP contribution >= 0.6 is 0 Å². The summed E-state index contributed by atoms with van der Waals surface area (Å²) < 4.78 is 0. The number of hydrogen-bond donors (Lipinski definition) is 1. The zero-order chi connectivity index (χ0) is 10.8. The number of aromatic nitrogens is 3. The highest BCUT2D eigenvalue weighted by molar-refractivity contribution is 5.88. The summed E-state index contributed by atoms with van der Waals surface area (Å²) in [5.41, 5.74) is 1.87. The second kappa shape index (κ2) is 3.53. The molecule has 0 saturated carbocycles. The maximum Gasteiger partial charge on any atom is 0.335 e. The third kappa shape index (κ3) is 1.71. The first-order valence-electron chi connectivity index (χ1n) is 4.39. The number of rotatable bonds is 2. The highest BCUT2D eigenvalue weighted by atomic mass is 16.4. The monoisotopic (exact) mass is 203 g/mol. The number of carboxylic acids is 1. The normalized spacial score (nSPS) is 10.2. The Bertz CT molecular complexity index is 491. The van der Waals surface area contributed by atoms with Crippen molar-refractivity contribution in [1.82, 2.24) is 15.0 Å². The van der Waals surface area contributed by atoms with Crippen LogP contribution in [0.4, 0.5) is 0 Å². The second-order valence-corrected chi connectivity index (χ2v) is 3.12. The molecule has 0 unspecified atom stereocenters. The van der Waals surface area contributed by atoms with Gasteiger partial charge in [-0.1, -0.05) is 0 Å². The molecule has 1 aromatic carbocycles. The van der Waals surface area contributed by atoms with Crippen molar-refractivity contribution < 1.29 is 9.90 Å². The number of carbonyl (C=O) groups is 1. The molecule has 0 amide bonds. The van der Waals surface area contributed by atoms with Gasteiger partial charge >= 0.3 is 5.97 Å². The van der Waals surface area contributed by atoms with Crippen molar-refractivity contribution in [2.45, 2.75) is 6.92 Å². The van der Waals surface area contributed by atoms with Gasteiger partial charge in [-0.2, -0.15) is 15.0 Å². The molecule has 0 aliphatic rings. The van der Waals surface area contributed by atoms with Crippen LogP contribution in [0.1, 0.15) is 15.9 Å². The van der Waals surface area contributed by atoms with E-state index in [1.165, 1.54) is 10.9 Å². The summed E-state index contributed by atoms with van der Waals surface area (Å²) in [6, 6.07) is 4.83. The molecule has 2 rings (SSSR count). The number of hydrogen-bond acceptors (Lipinski definition) is 3. The van der Waals surface area contributed by atoms with Crippen LogP contribution in [0, 0.1) is 6.92 Å². The number of aryl methyl sites for hydroxylation is 1. The van der Waals surface area contributed by atoms with Gasteiger partial charge in [-0.15, -0.1) is 0 Å². The van der Waals surface area contributed by atoms with Crippen molar-refractivity contribution in [2.24, 2.45) is 0 Å². The molecular formula is C10H9N3O2. The number of benzene rings is 1. The molecule has 2 aromatic rings. The molecule has 1 aromatic heterocycles. The van der Waals surface area contributed by atoms with Crippen molar-refractivity contribution in [2.75, 3.05) is 0 Å². The first kappa shape index (κ1) is 9.39. The summed E-state index contributed by atoms with van der Waals surface area (Å²) in [5.74, 6) is -0.932. The smallest absolute Gasteiger partial charge is 0.335 e. The lowest BCUT2D eigenvalue weighted by Gasteiger charge is -2.04. The topological polar surface area (TPSA) is 68.0 Å². The summed E-state index contributed by atoms with van der Waals surface area (Å²) in [6.07, 6.45) is 3.15. The number of nitrogens with zero attached hydrogens (tertiary/aromatic N) is 3. The van der Waals surface area contributed by atoms with Crippen molar-refractivity contribution in [3.63, 3.8) is 0 Å². The van der Waals surface area contributed by atoms with Crippen LogP contribution < -0.4 is 0 Å². The third-order valence-corrected chi connectivity index (χ3v) is 2.08. The van der Waals surface area contributed by atoms with Crippen molar-refractivity contribution >= 4 is 5.97 Å². The lowest BCUT2D eigenvalue weighted by Crippen LogP contribution is -2.03. The Hall–Kier alpha value is -2.17. The fourth-order valence-corrected chi connectivity index (χ4v) is 1.35. The van der Waals surface area contributed by atoms with E-state index >= 15 is 0 Å². The van der Waals surface area contributed by atoms with Crippen LogP contribution in [0.15, 0.2) is 30.6 Å². The van der Waals surface area contributed by atoms with E-state index in [9.17, 15) is 4.79 Å². The van der Waals surface area contributed by atoms with Crippen LogP contribution in [0.5, 0.6) is 0 Å². The molecule has 0 spiro atoms. The summed E-state index contributed by atoms with van der Waals surface area (Å²) in [4.78, 5) is 12.2. The Morgan fingerprint density at radius 1 is 1.33 bits per heavy atom. The van der Waals surface area contributed by atoms with Gasteiger partial charge in [-0.25, -0.2) is 4.79 Å². The van der Waals surface area contributed by atoms with Gasteiger partial charge in [0.2, 0.25) is 0 Å². The summed E-state index contributed by atoms with van der Waals surface area (Å²) in [7, 11) is 0. The van der Waals surface area contributed by atoms with E-state index in [1.54, 1.807) is 24.5 Å². The van der Waals surface area contributed by atoms with Gasteiger partial charge in [0, 0.05) is 0 Å². The minimum absolute atomic E-state index is 0.267. The SMILES string of the molecule is Cc1cc(C(=O)O)ccc1-n1nccn1. The quantitative estimate of drug-likeness (QED) is 0.798. The molecule has 76 valence electrons. The van der Waals surface area contributed by atoms with E-state index in [-0.39, 0.29) is 5.56 Å². The molecule has 0 aliphatic heterocycles. The molecule has 0 saturated heterocycles. The van der Waals surface area contributed by atoms with Crippen LogP contribution in [-0.2, 0) is 0 Å². The maximum atomic E-state index is 10.7. The second-order valence-electron chi connectivity index (χ2n) is 3.12. The summed E-state index contributed by atoms with van der Waals surface area (Å²) in [6.45, 7) is 1.82. The van der Waals surface area contributed by atoms with E-state index in [1.807, 2.05) is 6.92 Å². The zero-order valence-electron chi connectivity index (χ0n) is 8.08. The lowest BCUT2D eigenvalue weighted by molar-refractivity contribution is 0.0697. The fourth-order valence-electron chi connectivity index (χ4n) is 1.35. The van der Waals surface area contributed by atoms with Gasteiger partial charge in [0.05, 0.1) is 23.6 Å². The molecule has 0 atom stereocenters. The van der Waals surface area contributed by atoms with Gasteiger partial charge in [0.15, 0.2) is 0 Å². The first-order valence-corrected chi connectivity index (χ1v) is 4.39. The lowest BCUT2D eigenvalue weighted by atomic mass is 10.1. The van der Waals surface area contributed by atoms with E-state index in [0.717, 1.165) is 11.3 Å². The van der Waals surface area contributed by atoms with E-state index < -0.39 is 5.97 Å². The molecule has 5 nitrogen and oxygen atoms in total. The van der Waals surface area contributed by atoms with Gasteiger partial charge in [-0.3, -0.25) is 0 Å². The Balaban J connectivity index is 2.48. The molecule has 15 heavy (non-hydrogen) atoms. The Kier molecular flexibility index (Phi) is 2.21. The molecule has 1 N–H and O–H groups in total. The summed E-state index contributed by atoms with van der Waals surface area (Å²) in [5, 5.41) is 16.8. The zero-order valence-corrected chi connectivity index (χ0v) is 8.08. The van der Waals surface area contributed by atoms with Gasteiger partial charge in [0.1, 0.15) is 0 Å². The van der Waals surface area contributed by atoms with Crippen LogP contribution in [0.25, 0.3) is 5.69 Å². The van der Waals surface area contributed by atoms with Gasteiger partial charge < -0.3 is 5.11 Å².